The van der Waals surface area contributed by atoms with Gasteiger partial charge in [0.1, 0.15) is 5.75 Å². The van der Waals surface area contributed by atoms with Crippen LogP contribution < -0.4 is 10.1 Å². The maximum atomic E-state index is 11.4. The van der Waals surface area contributed by atoms with E-state index in [1.807, 2.05) is 23.9 Å². The Bertz CT molecular complexity index is 715. The molecule has 2 aromatic rings. The first-order valence-corrected chi connectivity index (χ1v) is 9.45. The number of carbonyl (C=O) groups excluding carboxylic acids is 1. The van der Waals surface area contributed by atoms with E-state index in [-0.39, 0.29) is 5.91 Å². The second-order valence-corrected chi connectivity index (χ2v) is 7.17. The van der Waals surface area contributed by atoms with Crippen LogP contribution in [-0.2, 0) is 11.2 Å². The first kappa shape index (κ1) is 16.9. The predicted molar refractivity (Wildman–Crippen MR) is 100 cm³/mol. The minimum atomic E-state index is 0.0994. The van der Waals surface area contributed by atoms with Gasteiger partial charge in [0.25, 0.3) is 0 Å². The number of benzene rings is 2. The Balaban J connectivity index is 1.38. The van der Waals surface area contributed by atoms with E-state index >= 15 is 0 Å². The Labute approximate surface area is 147 Å². The van der Waals surface area contributed by atoms with E-state index in [2.05, 4.69) is 42.6 Å². The lowest BCUT2D eigenvalue weighted by Gasteiger charge is -2.17. The molecule has 1 amide bonds. The van der Waals surface area contributed by atoms with Gasteiger partial charge in [-0.25, -0.2) is 0 Å². The Morgan fingerprint density at radius 2 is 2.00 bits per heavy atom. The van der Waals surface area contributed by atoms with Crippen LogP contribution in [0.5, 0.6) is 5.75 Å². The molecule has 0 bridgehead atoms. The molecule has 0 aromatic heterocycles. The van der Waals surface area contributed by atoms with E-state index in [9.17, 15) is 4.79 Å². The van der Waals surface area contributed by atoms with Gasteiger partial charge in [-0.1, -0.05) is 18.2 Å². The molecular formula is C20H23NO2S. The fourth-order valence-corrected chi connectivity index (χ4v) is 3.78. The lowest BCUT2D eigenvalue weighted by atomic mass is 10.0. The highest BCUT2D eigenvalue weighted by atomic mass is 32.2. The lowest BCUT2D eigenvalue weighted by Crippen LogP contribution is -2.18. The molecule has 24 heavy (non-hydrogen) atoms. The summed E-state index contributed by atoms with van der Waals surface area (Å²) in [4.78, 5) is 12.7. The molecule has 0 saturated carbocycles. The van der Waals surface area contributed by atoms with Crippen LogP contribution in [0.2, 0.25) is 0 Å². The number of rotatable bonds is 7. The summed E-state index contributed by atoms with van der Waals surface area (Å²) in [5.74, 6) is 2.11. The molecule has 0 saturated heterocycles. The molecule has 2 aromatic carbocycles. The molecule has 0 spiro atoms. The number of amides is 1. The van der Waals surface area contributed by atoms with Gasteiger partial charge in [0.2, 0.25) is 5.91 Å². The predicted octanol–water partition coefficient (Wildman–Crippen LogP) is 4.83. The Hall–Kier alpha value is -1.94. The van der Waals surface area contributed by atoms with Gasteiger partial charge >= 0.3 is 0 Å². The summed E-state index contributed by atoms with van der Waals surface area (Å²) in [6, 6.07) is 14.4. The first-order valence-electron chi connectivity index (χ1n) is 8.46. The number of hydrogen-bond acceptors (Lipinski definition) is 3. The van der Waals surface area contributed by atoms with E-state index < -0.39 is 0 Å². The normalized spacial score (nSPS) is 13.3. The Morgan fingerprint density at radius 1 is 1.12 bits per heavy atom. The molecule has 0 atom stereocenters. The van der Waals surface area contributed by atoms with E-state index in [0.29, 0.717) is 6.42 Å². The number of hydrogen-bond donors (Lipinski definition) is 1. The lowest BCUT2D eigenvalue weighted by molar-refractivity contribution is -0.116. The largest absolute Gasteiger partial charge is 0.494 e. The topological polar surface area (TPSA) is 38.3 Å². The third-order valence-corrected chi connectivity index (χ3v) is 5.39. The quantitative estimate of drug-likeness (QED) is 0.579. The number of aryl methyl sites for hydroxylation is 2. The van der Waals surface area contributed by atoms with Crippen molar-refractivity contribution in [1.29, 1.82) is 0 Å². The average molecular weight is 341 g/mol. The van der Waals surface area contributed by atoms with Crippen molar-refractivity contribution >= 4 is 23.4 Å². The van der Waals surface area contributed by atoms with Crippen molar-refractivity contribution in [2.45, 2.75) is 37.5 Å². The van der Waals surface area contributed by atoms with Crippen molar-refractivity contribution in [3.8, 4) is 5.75 Å². The smallest absolute Gasteiger partial charge is 0.224 e. The van der Waals surface area contributed by atoms with Gasteiger partial charge in [0, 0.05) is 17.0 Å². The van der Waals surface area contributed by atoms with Crippen LogP contribution in [0.25, 0.3) is 0 Å². The Kier molecular flexibility index (Phi) is 5.81. The number of anilines is 1. The monoisotopic (exact) mass is 341 g/mol. The number of thioether (sulfide) groups is 1. The maximum Gasteiger partial charge on any atom is 0.224 e. The summed E-state index contributed by atoms with van der Waals surface area (Å²) in [5, 5.41) is 2.89. The molecule has 1 N–H and O–H groups in total. The third-order valence-electron chi connectivity index (χ3n) is 4.13. The molecule has 0 radical (unpaired) electrons. The van der Waals surface area contributed by atoms with Gasteiger partial charge in [-0.15, -0.1) is 11.8 Å². The van der Waals surface area contributed by atoms with Crippen molar-refractivity contribution in [2.24, 2.45) is 0 Å². The summed E-state index contributed by atoms with van der Waals surface area (Å²) in [5.41, 5.74) is 3.44. The standard InChI is InChI=1S/C20H23NO2S/c1-15-6-2-3-7-19(15)24-13-5-4-12-23-17-9-10-18-16(14-17)8-11-20(22)21-18/h2-3,6-7,9-10,14H,4-5,8,11-13H2,1H3,(H,21,22). The summed E-state index contributed by atoms with van der Waals surface area (Å²) in [6.07, 6.45) is 3.55. The number of nitrogens with one attached hydrogen (secondary N) is 1. The van der Waals surface area contributed by atoms with Gasteiger partial charge < -0.3 is 10.1 Å². The van der Waals surface area contributed by atoms with Crippen molar-refractivity contribution in [3.05, 3.63) is 53.6 Å². The van der Waals surface area contributed by atoms with Crippen LogP contribution in [-0.4, -0.2) is 18.3 Å². The number of ether oxygens (including phenoxy) is 1. The van der Waals surface area contributed by atoms with E-state index in [1.165, 1.54) is 16.0 Å². The van der Waals surface area contributed by atoms with E-state index in [1.54, 1.807) is 0 Å². The van der Waals surface area contributed by atoms with Crippen LogP contribution in [0.15, 0.2) is 47.4 Å². The SMILES string of the molecule is Cc1ccccc1SCCCCOc1ccc2c(c1)CCC(=O)N2. The second kappa shape index (κ2) is 8.25. The van der Waals surface area contributed by atoms with E-state index in [0.717, 1.165) is 43.1 Å². The highest BCUT2D eigenvalue weighted by Crippen LogP contribution is 2.27. The molecule has 0 unspecified atom stereocenters. The highest BCUT2D eigenvalue weighted by molar-refractivity contribution is 7.99. The summed E-state index contributed by atoms with van der Waals surface area (Å²) < 4.78 is 5.85. The molecule has 1 aliphatic heterocycles. The minimum absolute atomic E-state index is 0.0994. The van der Waals surface area contributed by atoms with Crippen molar-refractivity contribution < 1.29 is 9.53 Å². The van der Waals surface area contributed by atoms with Gasteiger partial charge in [-0.3, -0.25) is 4.79 Å². The number of carbonyl (C=O) groups is 1. The van der Waals surface area contributed by atoms with Gasteiger partial charge in [-0.05, 0) is 67.3 Å². The number of unbranched alkanes of at least 4 members (excludes halogenated alkanes) is 1. The molecular weight excluding hydrogens is 318 g/mol. The fraction of sp³-hybridized carbons (Fsp3) is 0.350. The number of fused-ring (bicyclic) bond motifs is 1. The molecule has 3 nitrogen and oxygen atoms in total. The minimum Gasteiger partial charge on any atom is -0.494 e. The van der Waals surface area contributed by atoms with E-state index in [4.69, 9.17) is 4.74 Å². The van der Waals surface area contributed by atoms with Crippen LogP contribution in [0.1, 0.15) is 30.4 Å². The van der Waals surface area contributed by atoms with Crippen LogP contribution in [0, 0.1) is 6.92 Å². The summed E-state index contributed by atoms with van der Waals surface area (Å²) in [7, 11) is 0. The summed E-state index contributed by atoms with van der Waals surface area (Å²) in [6.45, 7) is 2.89. The molecule has 0 aliphatic carbocycles. The van der Waals surface area contributed by atoms with Crippen LogP contribution in [0.4, 0.5) is 5.69 Å². The molecule has 126 valence electrons. The second-order valence-electron chi connectivity index (χ2n) is 6.04. The van der Waals surface area contributed by atoms with Crippen molar-refractivity contribution in [1.82, 2.24) is 0 Å². The molecule has 0 fully saturated rings. The van der Waals surface area contributed by atoms with Crippen molar-refractivity contribution in [2.75, 3.05) is 17.7 Å². The zero-order valence-electron chi connectivity index (χ0n) is 14.0. The summed E-state index contributed by atoms with van der Waals surface area (Å²) >= 11 is 1.92. The van der Waals surface area contributed by atoms with Crippen molar-refractivity contribution in [3.63, 3.8) is 0 Å². The zero-order valence-corrected chi connectivity index (χ0v) is 14.8. The molecule has 1 heterocycles. The van der Waals surface area contributed by atoms with Gasteiger partial charge in [-0.2, -0.15) is 0 Å². The zero-order chi connectivity index (χ0) is 16.8. The first-order chi connectivity index (χ1) is 11.7. The molecule has 1 aliphatic rings. The Morgan fingerprint density at radius 3 is 2.88 bits per heavy atom. The van der Waals surface area contributed by atoms with Gasteiger partial charge in [0.05, 0.1) is 6.61 Å². The fourth-order valence-electron chi connectivity index (χ4n) is 2.74. The highest BCUT2D eigenvalue weighted by Gasteiger charge is 2.14. The molecule has 4 heteroatoms. The van der Waals surface area contributed by atoms with Crippen LogP contribution >= 0.6 is 11.8 Å². The molecule has 3 rings (SSSR count). The average Bonchev–Trinajstić information content (AvgIpc) is 2.59. The van der Waals surface area contributed by atoms with Gasteiger partial charge in [0.15, 0.2) is 0 Å². The third kappa shape index (κ3) is 4.54. The van der Waals surface area contributed by atoms with Crippen LogP contribution in [0.3, 0.4) is 0 Å². The maximum absolute atomic E-state index is 11.4.